The SMILES string of the molecule is O=S(=O)(NC1CCCC1)c1csc(CNC2CC2)c1. The van der Waals surface area contributed by atoms with Crippen LogP contribution in [0.1, 0.15) is 43.4 Å². The van der Waals surface area contributed by atoms with Crippen molar-refractivity contribution < 1.29 is 8.42 Å². The van der Waals surface area contributed by atoms with Gasteiger partial charge in [-0.2, -0.15) is 0 Å². The zero-order valence-electron chi connectivity index (χ0n) is 10.9. The average Bonchev–Trinajstić information content (AvgIpc) is 2.87. The van der Waals surface area contributed by atoms with Crippen molar-refractivity contribution >= 4 is 21.4 Å². The van der Waals surface area contributed by atoms with Gasteiger partial charge in [0.1, 0.15) is 0 Å². The minimum absolute atomic E-state index is 0.137. The first-order chi connectivity index (χ1) is 9.13. The smallest absolute Gasteiger partial charge is 0.241 e. The Balaban J connectivity index is 1.62. The van der Waals surface area contributed by atoms with Crippen LogP contribution in [0, 0.1) is 0 Å². The van der Waals surface area contributed by atoms with Crippen molar-refractivity contribution in [2.45, 2.75) is 62.0 Å². The second kappa shape index (κ2) is 5.52. The molecular weight excluding hydrogens is 280 g/mol. The monoisotopic (exact) mass is 300 g/mol. The van der Waals surface area contributed by atoms with Crippen LogP contribution in [0.4, 0.5) is 0 Å². The van der Waals surface area contributed by atoms with E-state index in [0.717, 1.165) is 37.1 Å². The van der Waals surface area contributed by atoms with Gasteiger partial charge in [0, 0.05) is 28.9 Å². The van der Waals surface area contributed by atoms with Gasteiger partial charge in [-0.05, 0) is 31.7 Å². The van der Waals surface area contributed by atoms with E-state index >= 15 is 0 Å². The molecule has 0 aliphatic heterocycles. The molecule has 2 fully saturated rings. The summed E-state index contributed by atoms with van der Waals surface area (Å²) >= 11 is 1.52. The Morgan fingerprint density at radius 1 is 1.16 bits per heavy atom. The third-order valence-corrected chi connectivity index (χ3v) is 6.35. The molecule has 2 aliphatic carbocycles. The quantitative estimate of drug-likeness (QED) is 0.847. The topological polar surface area (TPSA) is 58.2 Å². The second-order valence-electron chi connectivity index (χ2n) is 5.51. The van der Waals surface area contributed by atoms with Gasteiger partial charge in [0.05, 0.1) is 4.90 Å². The molecule has 19 heavy (non-hydrogen) atoms. The summed E-state index contributed by atoms with van der Waals surface area (Å²) in [6, 6.07) is 2.59. The lowest BCUT2D eigenvalue weighted by molar-refractivity contribution is 0.552. The van der Waals surface area contributed by atoms with Crippen LogP contribution >= 0.6 is 11.3 Å². The molecule has 4 nitrogen and oxygen atoms in total. The maximum Gasteiger partial charge on any atom is 0.241 e. The number of sulfonamides is 1. The third kappa shape index (κ3) is 3.56. The molecular formula is C13H20N2O2S2. The molecule has 0 aromatic carbocycles. The van der Waals surface area contributed by atoms with Gasteiger partial charge in [0.25, 0.3) is 0 Å². The van der Waals surface area contributed by atoms with Crippen LogP contribution in [-0.4, -0.2) is 20.5 Å². The highest BCUT2D eigenvalue weighted by Gasteiger charge is 2.24. The summed E-state index contributed by atoms with van der Waals surface area (Å²) in [5.41, 5.74) is 0. The number of rotatable bonds is 6. The van der Waals surface area contributed by atoms with Crippen molar-refractivity contribution in [2.24, 2.45) is 0 Å². The van der Waals surface area contributed by atoms with Crippen molar-refractivity contribution in [3.05, 3.63) is 16.3 Å². The first-order valence-corrected chi connectivity index (χ1v) is 9.33. The number of thiophene rings is 1. The van der Waals surface area contributed by atoms with Gasteiger partial charge in [0.15, 0.2) is 0 Å². The highest BCUT2D eigenvalue weighted by atomic mass is 32.2. The molecule has 1 aromatic rings. The maximum absolute atomic E-state index is 12.2. The Labute approximate surface area is 118 Å². The molecule has 1 heterocycles. The lowest BCUT2D eigenvalue weighted by Crippen LogP contribution is -2.32. The number of hydrogen-bond donors (Lipinski definition) is 2. The predicted octanol–water partition coefficient (Wildman–Crippen LogP) is 2.22. The van der Waals surface area contributed by atoms with E-state index in [-0.39, 0.29) is 6.04 Å². The Bertz CT molecular complexity index is 529. The fourth-order valence-corrected chi connectivity index (χ4v) is 4.99. The Kier molecular flexibility index (Phi) is 3.93. The molecule has 2 N–H and O–H groups in total. The fourth-order valence-electron chi connectivity index (χ4n) is 2.46. The van der Waals surface area contributed by atoms with E-state index in [2.05, 4.69) is 10.0 Å². The molecule has 1 aromatic heterocycles. The summed E-state index contributed by atoms with van der Waals surface area (Å²) < 4.78 is 27.3. The van der Waals surface area contributed by atoms with Crippen LogP contribution < -0.4 is 10.0 Å². The molecule has 0 unspecified atom stereocenters. The third-order valence-electron chi connectivity index (χ3n) is 3.76. The first kappa shape index (κ1) is 13.5. The van der Waals surface area contributed by atoms with Gasteiger partial charge >= 0.3 is 0 Å². The average molecular weight is 300 g/mol. The normalized spacial score (nSPS) is 21.1. The minimum Gasteiger partial charge on any atom is -0.309 e. The largest absolute Gasteiger partial charge is 0.309 e. The summed E-state index contributed by atoms with van der Waals surface area (Å²) in [5.74, 6) is 0. The standard InChI is InChI=1S/C13H20N2O2S2/c16-19(17,15-11-3-1-2-4-11)13-7-12(18-9-13)8-14-10-5-6-10/h7,9-11,14-15H,1-6,8H2. The summed E-state index contributed by atoms with van der Waals surface area (Å²) in [5, 5.41) is 5.16. The van der Waals surface area contributed by atoms with Crippen molar-refractivity contribution in [1.82, 2.24) is 10.0 Å². The van der Waals surface area contributed by atoms with Crippen LogP contribution in [0.5, 0.6) is 0 Å². The summed E-state index contributed by atoms with van der Waals surface area (Å²) in [6.45, 7) is 0.786. The Hall–Kier alpha value is -0.430. The number of hydrogen-bond acceptors (Lipinski definition) is 4. The second-order valence-corrected chi connectivity index (χ2v) is 8.22. The zero-order valence-corrected chi connectivity index (χ0v) is 12.5. The van der Waals surface area contributed by atoms with E-state index in [4.69, 9.17) is 0 Å². The van der Waals surface area contributed by atoms with E-state index in [1.54, 1.807) is 11.4 Å². The van der Waals surface area contributed by atoms with Crippen LogP contribution in [0.25, 0.3) is 0 Å². The summed E-state index contributed by atoms with van der Waals surface area (Å²) in [7, 11) is -3.31. The molecule has 3 rings (SSSR count). The minimum atomic E-state index is -3.31. The molecule has 2 saturated carbocycles. The Morgan fingerprint density at radius 2 is 1.89 bits per heavy atom. The lowest BCUT2D eigenvalue weighted by Gasteiger charge is -2.11. The van der Waals surface area contributed by atoms with Gasteiger partial charge in [-0.25, -0.2) is 13.1 Å². The van der Waals surface area contributed by atoms with Crippen LogP contribution in [0.2, 0.25) is 0 Å². The summed E-state index contributed by atoms with van der Waals surface area (Å²) in [6.07, 6.45) is 6.71. The Morgan fingerprint density at radius 3 is 2.58 bits per heavy atom. The molecule has 2 aliphatic rings. The van der Waals surface area contributed by atoms with Gasteiger partial charge in [0.2, 0.25) is 10.0 Å². The van der Waals surface area contributed by atoms with Crippen LogP contribution in [-0.2, 0) is 16.6 Å². The molecule has 0 saturated heterocycles. The van der Waals surface area contributed by atoms with E-state index < -0.39 is 10.0 Å². The van der Waals surface area contributed by atoms with Crippen LogP contribution in [0.15, 0.2) is 16.3 Å². The van der Waals surface area contributed by atoms with Crippen molar-refractivity contribution in [3.63, 3.8) is 0 Å². The van der Waals surface area contributed by atoms with E-state index in [1.165, 1.54) is 24.2 Å². The van der Waals surface area contributed by atoms with Crippen molar-refractivity contribution in [2.75, 3.05) is 0 Å². The highest BCUT2D eigenvalue weighted by Crippen LogP contribution is 2.24. The van der Waals surface area contributed by atoms with Crippen molar-refractivity contribution in [1.29, 1.82) is 0 Å². The van der Waals surface area contributed by atoms with Gasteiger partial charge in [-0.15, -0.1) is 11.3 Å². The predicted molar refractivity (Wildman–Crippen MR) is 76.8 cm³/mol. The molecule has 6 heteroatoms. The number of nitrogens with one attached hydrogen (secondary N) is 2. The maximum atomic E-state index is 12.2. The lowest BCUT2D eigenvalue weighted by atomic mass is 10.3. The van der Waals surface area contributed by atoms with E-state index in [1.807, 2.05) is 0 Å². The zero-order chi connectivity index (χ0) is 13.3. The molecule has 0 bridgehead atoms. The molecule has 0 amide bonds. The van der Waals surface area contributed by atoms with E-state index in [9.17, 15) is 8.42 Å². The van der Waals surface area contributed by atoms with Gasteiger partial charge in [-0.1, -0.05) is 12.8 Å². The van der Waals surface area contributed by atoms with Crippen LogP contribution in [0.3, 0.4) is 0 Å². The van der Waals surface area contributed by atoms with Gasteiger partial charge < -0.3 is 5.32 Å². The van der Waals surface area contributed by atoms with E-state index in [0.29, 0.717) is 10.9 Å². The molecule has 0 radical (unpaired) electrons. The molecule has 0 spiro atoms. The summed E-state index contributed by atoms with van der Waals surface area (Å²) in [4.78, 5) is 1.52. The fraction of sp³-hybridized carbons (Fsp3) is 0.692. The molecule has 0 atom stereocenters. The highest BCUT2D eigenvalue weighted by molar-refractivity contribution is 7.89. The van der Waals surface area contributed by atoms with Crippen molar-refractivity contribution in [3.8, 4) is 0 Å². The van der Waals surface area contributed by atoms with Gasteiger partial charge in [-0.3, -0.25) is 0 Å². The first-order valence-electron chi connectivity index (χ1n) is 6.96. The molecule has 106 valence electrons.